The van der Waals surface area contributed by atoms with Gasteiger partial charge in [-0.3, -0.25) is 0 Å². The van der Waals surface area contributed by atoms with Gasteiger partial charge in [0.1, 0.15) is 0 Å². The highest BCUT2D eigenvalue weighted by atomic mass is 14.2. The van der Waals surface area contributed by atoms with Gasteiger partial charge in [-0.05, 0) is 18.3 Å². The molecule has 0 heterocycles. The van der Waals surface area contributed by atoms with Crippen molar-refractivity contribution in [2.45, 2.75) is 72.6 Å². The van der Waals surface area contributed by atoms with Crippen molar-refractivity contribution in [1.29, 1.82) is 0 Å². The number of rotatable bonds is 9. The second-order valence-corrected chi connectivity index (χ2v) is 4.60. The van der Waals surface area contributed by atoms with Crippen LogP contribution in [0.1, 0.15) is 72.6 Å². The molecule has 0 aromatic carbocycles. The van der Waals surface area contributed by atoms with Crippen molar-refractivity contribution >= 4 is 0 Å². The second-order valence-electron chi connectivity index (χ2n) is 4.60. The van der Waals surface area contributed by atoms with E-state index in [1.165, 1.54) is 44.9 Å². The quantitative estimate of drug-likeness (QED) is 0.444. The van der Waals surface area contributed by atoms with Crippen molar-refractivity contribution in [3.8, 4) is 0 Å². The SMILES string of the molecule is CCCCCCC([CH]C(C)CC)CC. The molecule has 0 heteroatoms. The third kappa shape index (κ3) is 7.41. The Morgan fingerprint density at radius 1 is 0.929 bits per heavy atom. The molecule has 0 bridgehead atoms. The summed E-state index contributed by atoms with van der Waals surface area (Å²) in [5, 5.41) is 0. The fourth-order valence-electron chi connectivity index (χ4n) is 1.87. The molecular formula is C14H29. The Hall–Kier alpha value is 0. The van der Waals surface area contributed by atoms with Crippen LogP contribution in [0.3, 0.4) is 0 Å². The van der Waals surface area contributed by atoms with Crippen LogP contribution in [0, 0.1) is 18.3 Å². The van der Waals surface area contributed by atoms with E-state index in [-0.39, 0.29) is 0 Å². The van der Waals surface area contributed by atoms with Gasteiger partial charge in [-0.25, -0.2) is 0 Å². The molecule has 0 rings (SSSR count). The minimum Gasteiger partial charge on any atom is -0.0654 e. The van der Waals surface area contributed by atoms with Crippen LogP contribution < -0.4 is 0 Å². The molecule has 0 aromatic heterocycles. The Morgan fingerprint density at radius 2 is 1.64 bits per heavy atom. The van der Waals surface area contributed by atoms with Gasteiger partial charge >= 0.3 is 0 Å². The second kappa shape index (κ2) is 9.55. The Bertz CT molecular complexity index is 107. The van der Waals surface area contributed by atoms with Crippen LogP contribution in [0.15, 0.2) is 0 Å². The molecule has 0 aliphatic heterocycles. The molecule has 0 N–H and O–H groups in total. The maximum absolute atomic E-state index is 2.58. The maximum Gasteiger partial charge on any atom is -0.0327 e. The standard InChI is InChI=1S/C14H29/c1-5-8-9-10-11-14(7-3)12-13(4)6-2/h12-14H,5-11H2,1-4H3. The van der Waals surface area contributed by atoms with Crippen LogP contribution in [0.25, 0.3) is 0 Å². The Morgan fingerprint density at radius 3 is 2.14 bits per heavy atom. The number of hydrogen-bond acceptors (Lipinski definition) is 0. The molecule has 0 aliphatic rings. The minimum atomic E-state index is 0.811. The summed E-state index contributed by atoms with van der Waals surface area (Å²) in [5.41, 5.74) is 0. The van der Waals surface area contributed by atoms with Crippen molar-refractivity contribution < 1.29 is 0 Å². The molecule has 0 saturated heterocycles. The van der Waals surface area contributed by atoms with Gasteiger partial charge in [0.15, 0.2) is 0 Å². The lowest BCUT2D eigenvalue weighted by Crippen LogP contribution is -2.06. The van der Waals surface area contributed by atoms with Gasteiger partial charge in [-0.15, -0.1) is 0 Å². The van der Waals surface area contributed by atoms with E-state index >= 15 is 0 Å². The Labute approximate surface area is 91.5 Å². The average Bonchev–Trinajstić information content (AvgIpc) is 2.22. The first kappa shape index (κ1) is 14.0. The van der Waals surface area contributed by atoms with Crippen molar-refractivity contribution in [2.75, 3.05) is 0 Å². The third-order valence-corrected chi connectivity index (χ3v) is 3.20. The summed E-state index contributed by atoms with van der Waals surface area (Å²) in [4.78, 5) is 0. The lowest BCUT2D eigenvalue weighted by atomic mass is 9.88. The van der Waals surface area contributed by atoms with E-state index in [2.05, 4.69) is 34.1 Å². The fourth-order valence-corrected chi connectivity index (χ4v) is 1.87. The van der Waals surface area contributed by atoms with E-state index in [1.54, 1.807) is 0 Å². The Kier molecular flexibility index (Phi) is 9.55. The lowest BCUT2D eigenvalue weighted by molar-refractivity contribution is 0.440. The highest BCUT2D eigenvalue weighted by molar-refractivity contribution is 4.79. The van der Waals surface area contributed by atoms with Crippen LogP contribution in [0.4, 0.5) is 0 Å². The first-order chi connectivity index (χ1) is 6.74. The van der Waals surface area contributed by atoms with Gasteiger partial charge in [0, 0.05) is 0 Å². The number of unbranched alkanes of at least 4 members (excludes halogenated alkanes) is 3. The van der Waals surface area contributed by atoms with Crippen molar-refractivity contribution in [1.82, 2.24) is 0 Å². The van der Waals surface area contributed by atoms with Crippen LogP contribution in [0.2, 0.25) is 0 Å². The van der Waals surface area contributed by atoms with E-state index in [4.69, 9.17) is 0 Å². The molecular weight excluding hydrogens is 168 g/mol. The number of hydrogen-bond donors (Lipinski definition) is 0. The normalized spacial score (nSPS) is 15.4. The topological polar surface area (TPSA) is 0 Å². The van der Waals surface area contributed by atoms with E-state index < -0.39 is 0 Å². The zero-order chi connectivity index (χ0) is 10.8. The van der Waals surface area contributed by atoms with E-state index in [9.17, 15) is 0 Å². The molecule has 2 atom stereocenters. The van der Waals surface area contributed by atoms with Gasteiger partial charge in [-0.1, -0.05) is 72.6 Å². The molecule has 14 heavy (non-hydrogen) atoms. The van der Waals surface area contributed by atoms with Gasteiger partial charge in [0.2, 0.25) is 0 Å². The summed E-state index contributed by atoms with van der Waals surface area (Å²) in [5.74, 6) is 1.69. The summed E-state index contributed by atoms with van der Waals surface area (Å²) in [6.07, 6.45) is 12.3. The zero-order valence-corrected chi connectivity index (χ0v) is 10.7. The molecule has 2 unspecified atom stereocenters. The summed E-state index contributed by atoms with van der Waals surface area (Å²) in [6, 6.07) is 0. The molecule has 1 radical (unpaired) electrons. The molecule has 0 amide bonds. The highest BCUT2D eigenvalue weighted by Crippen LogP contribution is 2.22. The van der Waals surface area contributed by atoms with Gasteiger partial charge < -0.3 is 0 Å². The lowest BCUT2D eigenvalue weighted by Gasteiger charge is -2.18. The van der Waals surface area contributed by atoms with Gasteiger partial charge in [0.25, 0.3) is 0 Å². The first-order valence-electron chi connectivity index (χ1n) is 6.59. The summed E-state index contributed by atoms with van der Waals surface area (Å²) < 4.78 is 0. The smallest absolute Gasteiger partial charge is 0.0327 e. The third-order valence-electron chi connectivity index (χ3n) is 3.20. The van der Waals surface area contributed by atoms with Crippen LogP contribution in [-0.2, 0) is 0 Å². The minimum absolute atomic E-state index is 0.811. The highest BCUT2D eigenvalue weighted by Gasteiger charge is 2.10. The van der Waals surface area contributed by atoms with Crippen molar-refractivity contribution in [3.63, 3.8) is 0 Å². The van der Waals surface area contributed by atoms with E-state index in [0.29, 0.717) is 0 Å². The molecule has 0 spiro atoms. The van der Waals surface area contributed by atoms with E-state index in [1.807, 2.05) is 0 Å². The van der Waals surface area contributed by atoms with Crippen LogP contribution >= 0.6 is 0 Å². The van der Waals surface area contributed by atoms with Crippen LogP contribution in [-0.4, -0.2) is 0 Å². The predicted molar refractivity (Wildman–Crippen MR) is 66.3 cm³/mol. The molecule has 0 nitrogen and oxygen atoms in total. The van der Waals surface area contributed by atoms with Crippen molar-refractivity contribution in [2.24, 2.45) is 11.8 Å². The van der Waals surface area contributed by atoms with Crippen molar-refractivity contribution in [3.05, 3.63) is 6.42 Å². The summed E-state index contributed by atoms with van der Waals surface area (Å²) in [6.45, 7) is 9.23. The average molecular weight is 197 g/mol. The molecule has 0 aliphatic carbocycles. The molecule has 0 fully saturated rings. The maximum atomic E-state index is 2.58. The summed E-state index contributed by atoms with van der Waals surface area (Å²) >= 11 is 0. The first-order valence-corrected chi connectivity index (χ1v) is 6.59. The zero-order valence-electron chi connectivity index (χ0n) is 10.7. The summed E-state index contributed by atoms with van der Waals surface area (Å²) in [7, 11) is 0. The fraction of sp³-hybridized carbons (Fsp3) is 0.929. The van der Waals surface area contributed by atoms with Crippen LogP contribution in [0.5, 0.6) is 0 Å². The monoisotopic (exact) mass is 197 g/mol. The van der Waals surface area contributed by atoms with Gasteiger partial charge in [-0.2, -0.15) is 0 Å². The molecule has 85 valence electrons. The molecule has 0 aromatic rings. The van der Waals surface area contributed by atoms with Gasteiger partial charge in [0.05, 0.1) is 0 Å². The predicted octanol–water partition coefficient (Wildman–Crippen LogP) is 5.23. The van der Waals surface area contributed by atoms with E-state index in [0.717, 1.165) is 11.8 Å². The molecule has 0 saturated carbocycles. The largest absolute Gasteiger partial charge is 0.0654 e. The Balaban J connectivity index is 3.47.